The van der Waals surface area contributed by atoms with Crippen molar-refractivity contribution in [2.24, 2.45) is 5.92 Å². The van der Waals surface area contributed by atoms with E-state index < -0.39 is 0 Å². The van der Waals surface area contributed by atoms with E-state index in [1.54, 1.807) is 0 Å². The number of Topliss-reactive ketones (excluding diaryl/α,β-unsaturated/α-hetero) is 1. The van der Waals surface area contributed by atoms with E-state index in [9.17, 15) is 4.79 Å². The summed E-state index contributed by atoms with van der Waals surface area (Å²) in [5, 5.41) is 3.38. The van der Waals surface area contributed by atoms with Crippen molar-refractivity contribution >= 4 is 5.78 Å². The van der Waals surface area contributed by atoms with Crippen LogP contribution in [0.4, 0.5) is 0 Å². The van der Waals surface area contributed by atoms with Crippen molar-refractivity contribution in [1.29, 1.82) is 0 Å². The molecule has 0 aromatic rings. The number of hydrogen-bond acceptors (Lipinski definition) is 2. The van der Waals surface area contributed by atoms with E-state index in [-0.39, 0.29) is 0 Å². The molecule has 1 atom stereocenters. The zero-order valence-electron chi connectivity index (χ0n) is 10.1. The van der Waals surface area contributed by atoms with Crippen molar-refractivity contribution in [2.75, 3.05) is 13.1 Å². The Hall–Kier alpha value is -0.630. The van der Waals surface area contributed by atoms with Crippen LogP contribution in [0.25, 0.3) is 0 Å². The highest BCUT2D eigenvalue weighted by Gasteiger charge is 2.19. The lowest BCUT2D eigenvalue weighted by Gasteiger charge is -2.22. The Kier molecular flexibility index (Phi) is 4.58. The van der Waals surface area contributed by atoms with Crippen LogP contribution < -0.4 is 5.32 Å². The predicted molar refractivity (Wildman–Crippen MR) is 66.4 cm³/mol. The molecule has 0 aromatic heterocycles. The smallest absolute Gasteiger partial charge is 0.158 e. The number of nitrogens with one attached hydrogen (secondary N) is 1. The average Bonchev–Trinajstić information content (AvgIpc) is 2.59. The average molecular weight is 221 g/mol. The second-order valence-corrected chi connectivity index (χ2v) is 5.17. The summed E-state index contributed by atoms with van der Waals surface area (Å²) in [7, 11) is 0. The van der Waals surface area contributed by atoms with Crippen LogP contribution >= 0.6 is 0 Å². The normalized spacial score (nSPS) is 27.0. The fourth-order valence-corrected chi connectivity index (χ4v) is 2.76. The standard InChI is InChI=1S/C14H23NO/c16-14(10-12-6-5-9-15-11-12)13-7-3-1-2-4-8-13/h7,12,15H,1-6,8-11H2. The first-order chi connectivity index (χ1) is 7.86. The molecule has 1 unspecified atom stereocenters. The molecule has 1 N–H and O–H groups in total. The molecule has 1 saturated heterocycles. The van der Waals surface area contributed by atoms with E-state index in [0.717, 1.165) is 37.9 Å². The minimum Gasteiger partial charge on any atom is -0.316 e. The van der Waals surface area contributed by atoms with E-state index in [0.29, 0.717) is 11.7 Å². The summed E-state index contributed by atoms with van der Waals surface area (Å²) in [5.74, 6) is 1.01. The van der Waals surface area contributed by atoms with Crippen molar-refractivity contribution in [3.8, 4) is 0 Å². The lowest BCUT2D eigenvalue weighted by molar-refractivity contribution is -0.116. The molecule has 2 heteroatoms. The van der Waals surface area contributed by atoms with Crippen molar-refractivity contribution in [3.63, 3.8) is 0 Å². The topological polar surface area (TPSA) is 29.1 Å². The molecule has 1 fully saturated rings. The SMILES string of the molecule is O=C(CC1CCCNC1)C1=CCCCCC1. The van der Waals surface area contributed by atoms with Gasteiger partial charge in [0.05, 0.1) is 0 Å². The van der Waals surface area contributed by atoms with Gasteiger partial charge in [-0.15, -0.1) is 0 Å². The summed E-state index contributed by atoms with van der Waals surface area (Å²) in [6.45, 7) is 2.17. The van der Waals surface area contributed by atoms with Crippen molar-refractivity contribution in [1.82, 2.24) is 5.32 Å². The van der Waals surface area contributed by atoms with Crippen LogP contribution in [-0.2, 0) is 4.79 Å². The number of carbonyl (C=O) groups excluding carboxylic acids is 1. The van der Waals surface area contributed by atoms with Gasteiger partial charge in [-0.05, 0) is 63.1 Å². The first-order valence-corrected chi connectivity index (χ1v) is 6.79. The van der Waals surface area contributed by atoms with Gasteiger partial charge in [-0.25, -0.2) is 0 Å². The Morgan fingerprint density at radius 3 is 3.06 bits per heavy atom. The number of carbonyl (C=O) groups is 1. The number of piperidine rings is 1. The highest BCUT2D eigenvalue weighted by Crippen LogP contribution is 2.22. The third kappa shape index (κ3) is 3.44. The molecular formula is C14H23NO. The Labute approximate surface area is 98.5 Å². The van der Waals surface area contributed by atoms with E-state index in [2.05, 4.69) is 11.4 Å². The zero-order chi connectivity index (χ0) is 11.2. The summed E-state index contributed by atoms with van der Waals surface area (Å²) >= 11 is 0. The molecule has 16 heavy (non-hydrogen) atoms. The minimum atomic E-state index is 0.426. The second kappa shape index (κ2) is 6.19. The lowest BCUT2D eigenvalue weighted by Crippen LogP contribution is -2.31. The summed E-state index contributed by atoms with van der Waals surface area (Å²) in [5.41, 5.74) is 1.13. The number of allylic oxidation sites excluding steroid dienone is 2. The largest absolute Gasteiger partial charge is 0.316 e. The van der Waals surface area contributed by atoms with Gasteiger partial charge in [0.15, 0.2) is 5.78 Å². The van der Waals surface area contributed by atoms with Gasteiger partial charge in [-0.2, -0.15) is 0 Å². The molecule has 2 rings (SSSR count). The maximum atomic E-state index is 12.1. The number of hydrogen-bond donors (Lipinski definition) is 1. The quantitative estimate of drug-likeness (QED) is 0.794. The van der Waals surface area contributed by atoms with Gasteiger partial charge in [-0.1, -0.05) is 12.5 Å². The highest BCUT2D eigenvalue weighted by atomic mass is 16.1. The van der Waals surface area contributed by atoms with Crippen LogP contribution in [0.5, 0.6) is 0 Å². The summed E-state index contributed by atoms with van der Waals surface area (Å²) in [6.07, 6.45) is 11.3. The first-order valence-electron chi connectivity index (χ1n) is 6.79. The van der Waals surface area contributed by atoms with E-state index in [1.807, 2.05) is 0 Å². The summed E-state index contributed by atoms with van der Waals surface area (Å²) in [4.78, 5) is 12.1. The number of rotatable bonds is 3. The van der Waals surface area contributed by atoms with Crippen LogP contribution in [0.15, 0.2) is 11.6 Å². The molecule has 0 radical (unpaired) electrons. The molecule has 1 aliphatic carbocycles. The van der Waals surface area contributed by atoms with Gasteiger partial charge in [0.25, 0.3) is 0 Å². The monoisotopic (exact) mass is 221 g/mol. The second-order valence-electron chi connectivity index (χ2n) is 5.17. The Balaban J connectivity index is 1.83. The Morgan fingerprint density at radius 1 is 1.31 bits per heavy atom. The molecule has 0 amide bonds. The van der Waals surface area contributed by atoms with Crippen molar-refractivity contribution < 1.29 is 4.79 Å². The van der Waals surface area contributed by atoms with Crippen LogP contribution in [0.1, 0.15) is 51.4 Å². The predicted octanol–water partition coefficient (Wildman–Crippen LogP) is 2.84. The minimum absolute atomic E-state index is 0.426. The van der Waals surface area contributed by atoms with Gasteiger partial charge in [0.2, 0.25) is 0 Å². The molecule has 2 aliphatic rings. The molecule has 2 nitrogen and oxygen atoms in total. The fourth-order valence-electron chi connectivity index (χ4n) is 2.76. The number of ketones is 1. The molecule has 1 aliphatic heterocycles. The maximum Gasteiger partial charge on any atom is 0.158 e. The zero-order valence-corrected chi connectivity index (χ0v) is 10.1. The fraction of sp³-hybridized carbons (Fsp3) is 0.786. The molecule has 0 spiro atoms. The summed E-state index contributed by atoms with van der Waals surface area (Å²) in [6, 6.07) is 0. The van der Waals surface area contributed by atoms with Crippen LogP contribution in [0, 0.1) is 5.92 Å². The van der Waals surface area contributed by atoms with Crippen LogP contribution in [0.3, 0.4) is 0 Å². The summed E-state index contributed by atoms with van der Waals surface area (Å²) < 4.78 is 0. The first kappa shape index (κ1) is 11.8. The molecule has 0 aromatic carbocycles. The molecule has 90 valence electrons. The van der Waals surface area contributed by atoms with Crippen LogP contribution in [-0.4, -0.2) is 18.9 Å². The van der Waals surface area contributed by atoms with Gasteiger partial charge in [-0.3, -0.25) is 4.79 Å². The molecular weight excluding hydrogens is 198 g/mol. The molecule has 0 saturated carbocycles. The third-order valence-electron chi connectivity index (χ3n) is 3.77. The van der Waals surface area contributed by atoms with Crippen molar-refractivity contribution in [3.05, 3.63) is 11.6 Å². The van der Waals surface area contributed by atoms with Crippen molar-refractivity contribution in [2.45, 2.75) is 51.4 Å². The van der Waals surface area contributed by atoms with E-state index in [1.165, 1.54) is 32.1 Å². The van der Waals surface area contributed by atoms with Crippen LogP contribution in [0.2, 0.25) is 0 Å². The lowest BCUT2D eigenvalue weighted by atomic mass is 9.91. The van der Waals surface area contributed by atoms with Gasteiger partial charge in [0, 0.05) is 6.42 Å². The van der Waals surface area contributed by atoms with E-state index >= 15 is 0 Å². The Bertz CT molecular complexity index is 264. The molecule has 0 bridgehead atoms. The molecule has 1 heterocycles. The Morgan fingerprint density at radius 2 is 2.25 bits per heavy atom. The van der Waals surface area contributed by atoms with Gasteiger partial charge < -0.3 is 5.32 Å². The van der Waals surface area contributed by atoms with Gasteiger partial charge in [0.1, 0.15) is 0 Å². The third-order valence-corrected chi connectivity index (χ3v) is 3.77. The highest BCUT2D eigenvalue weighted by molar-refractivity contribution is 5.95. The van der Waals surface area contributed by atoms with Gasteiger partial charge >= 0.3 is 0 Å². The maximum absolute atomic E-state index is 12.1. The van der Waals surface area contributed by atoms with E-state index in [4.69, 9.17) is 0 Å².